The van der Waals surface area contributed by atoms with E-state index in [9.17, 15) is 24.0 Å². The van der Waals surface area contributed by atoms with Crippen LogP contribution in [0.1, 0.15) is 61.5 Å². The Morgan fingerprint density at radius 1 is 1.07 bits per heavy atom. The summed E-state index contributed by atoms with van der Waals surface area (Å²) >= 11 is 0. The molecule has 1 saturated carbocycles. The van der Waals surface area contributed by atoms with Gasteiger partial charge in [0.15, 0.2) is 0 Å². The highest BCUT2D eigenvalue weighted by Gasteiger charge is 2.28. The van der Waals surface area contributed by atoms with E-state index in [0.29, 0.717) is 31.5 Å². The van der Waals surface area contributed by atoms with Crippen molar-refractivity contribution in [1.82, 2.24) is 24.7 Å². The van der Waals surface area contributed by atoms with Crippen LogP contribution in [0.5, 0.6) is 0 Å². The molecule has 1 aliphatic carbocycles. The van der Waals surface area contributed by atoms with Crippen molar-refractivity contribution >= 4 is 34.6 Å². The monoisotopic (exact) mass is 608 g/mol. The van der Waals surface area contributed by atoms with E-state index in [1.54, 1.807) is 38.1 Å². The van der Waals surface area contributed by atoms with E-state index in [1.807, 2.05) is 0 Å². The van der Waals surface area contributed by atoms with Crippen molar-refractivity contribution in [2.45, 2.75) is 64.7 Å². The van der Waals surface area contributed by atoms with Gasteiger partial charge in [-0.1, -0.05) is 12.1 Å². The minimum Gasteiger partial charge on any atom is -0.453 e. The number of halogens is 1. The third-order valence-electron chi connectivity index (χ3n) is 8.04. The number of amides is 4. The van der Waals surface area contributed by atoms with Gasteiger partial charge in [-0.05, 0) is 69.2 Å². The number of fused-ring (bicyclic) bond motifs is 1. The molecule has 2 fully saturated rings. The van der Waals surface area contributed by atoms with Gasteiger partial charge < -0.3 is 25.6 Å². The minimum absolute atomic E-state index is 0.153. The molecule has 3 N–H and O–H groups in total. The predicted octanol–water partition coefficient (Wildman–Crippen LogP) is 3.58. The Kier molecular flexibility index (Phi) is 9.02. The van der Waals surface area contributed by atoms with Crippen LogP contribution in [0.3, 0.4) is 0 Å². The van der Waals surface area contributed by atoms with Crippen molar-refractivity contribution in [1.29, 1.82) is 0 Å². The molecule has 2 aromatic carbocycles. The maximum atomic E-state index is 15.3. The SMILES string of the molecule is COC(=O)NCc1ccc(C(=O)N[C@@H]2CCCN(C(=O)Nc3cc4c(=O)n(CC5CC5)c(=O)n(C(C)C)c4cc3F)C2)cc1. The quantitative estimate of drug-likeness (QED) is 0.357. The molecule has 13 heteroatoms. The predicted molar refractivity (Wildman–Crippen MR) is 162 cm³/mol. The fourth-order valence-electron chi connectivity index (χ4n) is 5.48. The molecule has 1 aliphatic heterocycles. The Hall–Kier alpha value is -4.68. The number of likely N-dealkylation sites (tertiary alicyclic amines) is 1. The van der Waals surface area contributed by atoms with Crippen molar-refractivity contribution in [2.24, 2.45) is 5.92 Å². The van der Waals surface area contributed by atoms with E-state index in [-0.39, 0.29) is 53.6 Å². The molecule has 12 nitrogen and oxygen atoms in total. The van der Waals surface area contributed by atoms with Crippen LogP contribution >= 0.6 is 0 Å². The van der Waals surface area contributed by atoms with Crippen molar-refractivity contribution < 1.29 is 23.5 Å². The average Bonchev–Trinajstić information content (AvgIpc) is 3.83. The second-order valence-corrected chi connectivity index (χ2v) is 11.7. The van der Waals surface area contributed by atoms with Crippen molar-refractivity contribution in [3.63, 3.8) is 0 Å². The first-order valence-electron chi connectivity index (χ1n) is 14.8. The topological polar surface area (TPSA) is 144 Å². The van der Waals surface area contributed by atoms with Crippen LogP contribution in [0.2, 0.25) is 0 Å². The summed E-state index contributed by atoms with van der Waals surface area (Å²) in [5, 5.41) is 8.28. The standard InChI is InChI=1S/C31H37FN6O6/c1-18(2)38-26-14-24(32)25(13-23(26)28(40)37(31(38)43)16-20-6-7-20)35-29(41)36-12-4-5-22(17-36)34-27(39)21-10-8-19(9-11-21)15-33-30(42)44-3/h8-11,13-14,18,20,22H,4-7,12,15-17H2,1-3H3,(H,33,42)(H,34,39)(H,35,41)/t22-/m1/s1. The minimum atomic E-state index is -0.758. The van der Waals surface area contributed by atoms with Gasteiger partial charge >= 0.3 is 17.8 Å². The van der Waals surface area contributed by atoms with Gasteiger partial charge in [-0.3, -0.25) is 18.7 Å². The number of hydrogen-bond acceptors (Lipinski definition) is 6. The number of piperidine rings is 1. The van der Waals surface area contributed by atoms with Gasteiger partial charge in [0.05, 0.1) is 23.7 Å². The van der Waals surface area contributed by atoms with Gasteiger partial charge in [0, 0.05) is 49.9 Å². The van der Waals surface area contributed by atoms with Gasteiger partial charge in [-0.15, -0.1) is 0 Å². The van der Waals surface area contributed by atoms with E-state index in [0.717, 1.165) is 24.5 Å². The summed E-state index contributed by atoms with van der Waals surface area (Å²) in [7, 11) is 1.28. The summed E-state index contributed by atoms with van der Waals surface area (Å²) in [6.45, 7) is 4.80. The van der Waals surface area contributed by atoms with Crippen LogP contribution in [0.25, 0.3) is 10.9 Å². The largest absolute Gasteiger partial charge is 0.453 e. The number of rotatable bonds is 8. The van der Waals surface area contributed by atoms with Crippen LogP contribution < -0.4 is 27.2 Å². The zero-order valence-electron chi connectivity index (χ0n) is 25.0. The Balaban J connectivity index is 1.27. The highest BCUT2D eigenvalue weighted by atomic mass is 19.1. The van der Waals surface area contributed by atoms with Crippen LogP contribution in [0, 0.1) is 11.7 Å². The third-order valence-corrected chi connectivity index (χ3v) is 8.04. The van der Waals surface area contributed by atoms with Crippen LogP contribution in [-0.2, 0) is 17.8 Å². The normalized spacial score (nSPS) is 16.6. The Labute approximate surface area is 253 Å². The number of nitrogens with zero attached hydrogens (tertiary/aromatic N) is 3. The number of ether oxygens (including phenoxy) is 1. The first-order valence-corrected chi connectivity index (χ1v) is 14.8. The Morgan fingerprint density at radius 3 is 2.45 bits per heavy atom. The fourth-order valence-corrected chi connectivity index (χ4v) is 5.48. The summed E-state index contributed by atoms with van der Waals surface area (Å²) in [6, 6.07) is 8.01. The number of alkyl carbamates (subject to hydrolysis) is 1. The molecule has 4 amide bonds. The second kappa shape index (κ2) is 12.9. The number of anilines is 1. The molecule has 0 unspecified atom stereocenters. The molecule has 1 aromatic heterocycles. The second-order valence-electron chi connectivity index (χ2n) is 11.7. The highest BCUT2D eigenvalue weighted by molar-refractivity contribution is 5.95. The van der Waals surface area contributed by atoms with Gasteiger partial charge in [-0.2, -0.15) is 0 Å². The first kappa shape index (κ1) is 30.8. The maximum absolute atomic E-state index is 15.3. The van der Waals surface area contributed by atoms with Crippen LogP contribution in [0.4, 0.5) is 19.7 Å². The van der Waals surface area contributed by atoms with Gasteiger partial charge in [0.2, 0.25) is 0 Å². The molecule has 1 saturated heterocycles. The molecule has 234 valence electrons. The summed E-state index contributed by atoms with van der Waals surface area (Å²) in [4.78, 5) is 65.3. The van der Waals surface area contributed by atoms with Crippen LogP contribution in [-0.4, -0.2) is 58.3 Å². The average molecular weight is 609 g/mol. The highest BCUT2D eigenvalue weighted by Crippen LogP contribution is 2.30. The lowest BCUT2D eigenvalue weighted by Crippen LogP contribution is -2.50. The summed E-state index contributed by atoms with van der Waals surface area (Å²) in [5.74, 6) is -0.782. The number of carbonyl (C=O) groups excluding carboxylic acids is 3. The molecule has 5 rings (SSSR count). The van der Waals surface area contributed by atoms with E-state index < -0.39 is 29.2 Å². The summed E-state index contributed by atoms with van der Waals surface area (Å²) in [5.41, 5.74) is 0.290. The first-order chi connectivity index (χ1) is 21.0. The number of methoxy groups -OCH3 is 1. The molecule has 0 radical (unpaired) electrons. The lowest BCUT2D eigenvalue weighted by Gasteiger charge is -2.33. The number of nitrogens with one attached hydrogen (secondary N) is 3. The Morgan fingerprint density at radius 2 is 1.80 bits per heavy atom. The molecular formula is C31H37FN6O6. The molecule has 0 bridgehead atoms. The molecule has 3 aromatic rings. The lowest BCUT2D eigenvalue weighted by molar-refractivity contribution is 0.0913. The van der Waals surface area contributed by atoms with Crippen molar-refractivity contribution in [3.05, 3.63) is 74.2 Å². The zero-order chi connectivity index (χ0) is 31.5. The maximum Gasteiger partial charge on any atom is 0.407 e. The van der Waals surface area contributed by atoms with Crippen molar-refractivity contribution in [3.8, 4) is 0 Å². The van der Waals surface area contributed by atoms with Gasteiger partial charge in [0.25, 0.3) is 11.5 Å². The number of aromatic nitrogens is 2. The number of benzene rings is 2. The Bertz CT molecular complexity index is 1690. The van der Waals surface area contributed by atoms with Gasteiger partial charge in [-0.25, -0.2) is 18.8 Å². The molecular weight excluding hydrogens is 571 g/mol. The molecule has 1 atom stereocenters. The van der Waals surface area contributed by atoms with E-state index in [4.69, 9.17) is 0 Å². The summed E-state index contributed by atoms with van der Waals surface area (Å²) in [6.07, 6.45) is 2.65. The van der Waals surface area contributed by atoms with E-state index in [1.165, 1.54) is 27.2 Å². The van der Waals surface area contributed by atoms with E-state index in [2.05, 4.69) is 20.7 Å². The summed E-state index contributed by atoms with van der Waals surface area (Å²) < 4.78 is 22.5. The number of carbonyl (C=O) groups is 3. The lowest BCUT2D eigenvalue weighted by atomic mass is 10.0. The van der Waals surface area contributed by atoms with E-state index >= 15 is 4.39 Å². The van der Waals surface area contributed by atoms with Crippen molar-refractivity contribution in [2.75, 3.05) is 25.5 Å². The fraction of sp³-hybridized carbons (Fsp3) is 0.452. The van der Waals surface area contributed by atoms with Gasteiger partial charge in [0.1, 0.15) is 5.82 Å². The number of urea groups is 1. The third kappa shape index (κ3) is 6.76. The molecule has 2 aliphatic rings. The smallest absolute Gasteiger partial charge is 0.407 e. The number of hydrogen-bond donors (Lipinski definition) is 3. The zero-order valence-corrected chi connectivity index (χ0v) is 25.0. The molecule has 0 spiro atoms. The molecule has 2 heterocycles. The van der Waals surface area contributed by atoms with Crippen LogP contribution in [0.15, 0.2) is 46.0 Å². The molecule has 44 heavy (non-hydrogen) atoms.